The topological polar surface area (TPSA) is 35.1 Å². The highest BCUT2D eigenvalue weighted by atomic mass is 32.1. The molecule has 0 N–H and O–H groups in total. The molecule has 5 heteroatoms. The van der Waals surface area contributed by atoms with Crippen LogP contribution in [0, 0.1) is 0 Å². The molecule has 0 radical (unpaired) electrons. The highest BCUT2D eigenvalue weighted by Crippen LogP contribution is 2.48. The van der Waals surface area contributed by atoms with Crippen molar-refractivity contribution in [1.82, 2.24) is 18.9 Å². The van der Waals surface area contributed by atoms with Gasteiger partial charge in [-0.3, -0.25) is 4.57 Å². The Morgan fingerprint density at radius 2 is 1.10 bits per heavy atom. The number of hydrogen-bond donors (Lipinski definition) is 0. The summed E-state index contributed by atoms with van der Waals surface area (Å²) in [7, 11) is 0. The maximum Gasteiger partial charge on any atom is 0.162 e. The first-order chi connectivity index (χ1) is 25.3. The van der Waals surface area contributed by atoms with Crippen molar-refractivity contribution in [3.63, 3.8) is 0 Å². The minimum atomic E-state index is 0.730. The van der Waals surface area contributed by atoms with E-state index in [-0.39, 0.29) is 0 Å². The molecule has 4 nitrogen and oxygen atoms in total. The fourth-order valence-electron chi connectivity index (χ4n) is 8.49. The predicted molar refractivity (Wildman–Crippen MR) is 215 cm³/mol. The first-order valence-corrected chi connectivity index (χ1v) is 18.1. The number of fused-ring (bicyclic) bond motifs is 13. The van der Waals surface area contributed by atoms with Crippen LogP contribution in [0.3, 0.4) is 0 Å². The lowest BCUT2D eigenvalue weighted by Crippen LogP contribution is -2.01. The van der Waals surface area contributed by atoms with E-state index in [0.717, 1.165) is 43.8 Å². The first-order valence-electron chi connectivity index (χ1n) is 17.3. The highest BCUT2D eigenvalue weighted by Gasteiger charge is 2.26. The molecular weight excluding hydrogens is 641 g/mol. The Hall–Kier alpha value is -6.56. The Morgan fingerprint density at radius 3 is 1.90 bits per heavy atom. The van der Waals surface area contributed by atoms with Crippen LogP contribution in [0.25, 0.3) is 109 Å². The molecular formula is C46H26N4S. The lowest BCUT2D eigenvalue weighted by molar-refractivity contribution is 1.08. The van der Waals surface area contributed by atoms with Gasteiger partial charge in [-0.2, -0.15) is 0 Å². The molecule has 0 atom stereocenters. The third-order valence-corrected chi connectivity index (χ3v) is 11.8. The van der Waals surface area contributed by atoms with Crippen LogP contribution in [0.15, 0.2) is 158 Å². The van der Waals surface area contributed by atoms with Crippen LogP contribution in [-0.4, -0.2) is 18.9 Å². The molecule has 0 saturated heterocycles. The van der Waals surface area contributed by atoms with Gasteiger partial charge in [-0.1, -0.05) is 127 Å². The van der Waals surface area contributed by atoms with Crippen molar-refractivity contribution in [3.8, 4) is 28.3 Å². The third kappa shape index (κ3) is 3.63. The van der Waals surface area contributed by atoms with Crippen LogP contribution in [0.2, 0.25) is 0 Å². The summed E-state index contributed by atoms with van der Waals surface area (Å²) >= 11 is 1.77. The maximum atomic E-state index is 5.45. The van der Waals surface area contributed by atoms with Crippen LogP contribution < -0.4 is 0 Å². The van der Waals surface area contributed by atoms with E-state index in [4.69, 9.17) is 9.97 Å². The van der Waals surface area contributed by atoms with Gasteiger partial charge in [0.25, 0.3) is 0 Å². The number of hydrogen-bond acceptors (Lipinski definition) is 3. The summed E-state index contributed by atoms with van der Waals surface area (Å²) in [5.74, 6) is 1.65. The van der Waals surface area contributed by atoms with Gasteiger partial charge in [0.2, 0.25) is 0 Å². The molecule has 0 spiro atoms. The molecule has 7 aromatic carbocycles. The van der Waals surface area contributed by atoms with Gasteiger partial charge in [0.15, 0.2) is 11.6 Å². The van der Waals surface area contributed by atoms with Gasteiger partial charge in [-0.05, 0) is 41.5 Å². The van der Waals surface area contributed by atoms with Gasteiger partial charge in [0.1, 0.15) is 0 Å². The fraction of sp³-hybridized carbons (Fsp3) is 0. The Kier molecular flexibility index (Phi) is 5.35. The maximum absolute atomic E-state index is 5.45. The second kappa shape index (κ2) is 10.0. The largest absolute Gasteiger partial charge is 0.308 e. The minimum Gasteiger partial charge on any atom is -0.308 e. The number of nitrogens with zero attached hydrogens (tertiary/aromatic N) is 4. The van der Waals surface area contributed by atoms with Crippen molar-refractivity contribution in [2.45, 2.75) is 0 Å². The molecule has 0 fully saturated rings. The quantitative estimate of drug-likeness (QED) is 0.188. The van der Waals surface area contributed by atoms with E-state index in [1.165, 1.54) is 64.7 Å². The normalized spacial score (nSPS) is 12.3. The average molecular weight is 667 g/mol. The van der Waals surface area contributed by atoms with Gasteiger partial charge in [-0.25, -0.2) is 9.97 Å². The summed E-state index contributed by atoms with van der Waals surface area (Å²) in [4.78, 5) is 10.7. The molecule has 0 bridgehead atoms. The van der Waals surface area contributed by atoms with Crippen LogP contribution >= 0.6 is 11.3 Å². The van der Waals surface area contributed by atoms with Crippen molar-refractivity contribution >= 4 is 91.5 Å². The Labute approximate surface area is 295 Å². The molecule has 236 valence electrons. The molecule has 0 aliphatic rings. The van der Waals surface area contributed by atoms with Crippen LogP contribution in [0.5, 0.6) is 0 Å². The van der Waals surface area contributed by atoms with Gasteiger partial charge in [-0.15, -0.1) is 11.3 Å². The first kappa shape index (κ1) is 27.3. The van der Waals surface area contributed by atoms with Gasteiger partial charge in [0.05, 0.1) is 37.8 Å². The van der Waals surface area contributed by atoms with E-state index in [1.54, 1.807) is 11.3 Å². The second-order valence-electron chi connectivity index (χ2n) is 13.4. The molecule has 5 heterocycles. The van der Waals surface area contributed by atoms with Crippen molar-refractivity contribution in [3.05, 3.63) is 158 Å². The van der Waals surface area contributed by atoms with Crippen molar-refractivity contribution in [1.29, 1.82) is 0 Å². The summed E-state index contributed by atoms with van der Waals surface area (Å²) < 4.78 is 7.21. The van der Waals surface area contributed by atoms with E-state index < -0.39 is 0 Å². The lowest BCUT2D eigenvalue weighted by atomic mass is 10.0. The molecule has 0 saturated carbocycles. The van der Waals surface area contributed by atoms with Gasteiger partial charge in [0, 0.05) is 48.0 Å². The van der Waals surface area contributed by atoms with Crippen molar-refractivity contribution < 1.29 is 0 Å². The molecule has 0 aliphatic heterocycles. The third-order valence-electron chi connectivity index (χ3n) is 10.7. The smallest absolute Gasteiger partial charge is 0.162 e. The van der Waals surface area contributed by atoms with Crippen molar-refractivity contribution in [2.24, 2.45) is 0 Å². The molecule has 0 amide bonds. The summed E-state index contributed by atoms with van der Waals surface area (Å²) in [6.45, 7) is 0. The summed E-state index contributed by atoms with van der Waals surface area (Å²) in [5.41, 5.74) is 10.4. The predicted octanol–water partition coefficient (Wildman–Crippen LogP) is 12.4. The van der Waals surface area contributed by atoms with Crippen molar-refractivity contribution in [2.75, 3.05) is 0 Å². The number of para-hydroxylation sites is 2. The SMILES string of the molecule is c1ccc(-c2ccc3c4cc5c(c6ccccc6n5-c5nc(-c6ccccc6)nc6c5sc5ccccc56)c5c6ccccc6n(c3c2)c45)cc1. The zero-order chi connectivity index (χ0) is 33.2. The van der Waals surface area contributed by atoms with E-state index in [9.17, 15) is 0 Å². The number of rotatable bonds is 3. The van der Waals surface area contributed by atoms with E-state index >= 15 is 0 Å². The number of aromatic nitrogens is 4. The second-order valence-corrected chi connectivity index (χ2v) is 14.4. The molecule has 5 aromatic heterocycles. The van der Waals surface area contributed by atoms with E-state index in [2.05, 4.69) is 161 Å². The molecule has 12 aromatic rings. The zero-order valence-corrected chi connectivity index (χ0v) is 28.0. The summed E-state index contributed by atoms with van der Waals surface area (Å²) in [5, 5.41) is 8.68. The zero-order valence-electron chi connectivity index (χ0n) is 27.2. The summed E-state index contributed by atoms with van der Waals surface area (Å²) in [6, 6.07) is 56.7. The molecule has 12 rings (SSSR count). The average Bonchev–Trinajstić information content (AvgIpc) is 3.93. The van der Waals surface area contributed by atoms with Gasteiger partial charge >= 0.3 is 0 Å². The molecule has 51 heavy (non-hydrogen) atoms. The molecule has 0 unspecified atom stereocenters. The Balaban J connectivity index is 1.29. The number of benzene rings is 7. The Morgan fingerprint density at radius 1 is 0.431 bits per heavy atom. The number of thiophene rings is 1. The lowest BCUT2D eigenvalue weighted by Gasteiger charge is -2.11. The highest BCUT2D eigenvalue weighted by molar-refractivity contribution is 7.26. The Bertz CT molecular complexity index is 3350. The minimum absolute atomic E-state index is 0.730. The van der Waals surface area contributed by atoms with Gasteiger partial charge < -0.3 is 4.40 Å². The standard InChI is InChI=1S/C46H26N4S/c1-3-13-27(14-4-1)29-23-24-30-34-26-38-40(41-32-18-8-10-20-35(32)49(43(34)41)37(30)25-29)31-17-7-11-21-36(31)50(38)46-44-42(33-19-9-12-22-39(33)51-44)47-45(48-46)28-15-5-2-6-16-28/h1-26H. The molecule has 0 aliphatic carbocycles. The van der Waals surface area contributed by atoms with Crippen LogP contribution in [-0.2, 0) is 0 Å². The van der Waals surface area contributed by atoms with E-state index in [0.29, 0.717) is 0 Å². The van der Waals surface area contributed by atoms with Crippen LogP contribution in [0.1, 0.15) is 0 Å². The van der Waals surface area contributed by atoms with Crippen LogP contribution in [0.4, 0.5) is 0 Å². The summed E-state index contributed by atoms with van der Waals surface area (Å²) in [6.07, 6.45) is 0. The van der Waals surface area contributed by atoms with E-state index in [1.807, 2.05) is 6.07 Å². The monoisotopic (exact) mass is 666 g/mol. The fourth-order valence-corrected chi connectivity index (χ4v) is 9.62.